The van der Waals surface area contributed by atoms with Gasteiger partial charge < -0.3 is 14.0 Å². The standard InChI is InChI=1S/C33H24F3N5O3/c1-19(15-37)17-41-30-12-21(33(42)43-2)8-9-29(30)39-31(41)13-23-11-27(36)24(14-26(23)35)28-4-3-5-32(40-28)44-18-22-7-6-20(16-38)10-25(22)34/h3-12,14,19H,13,17-18H2,1-2H3. The van der Waals surface area contributed by atoms with Gasteiger partial charge in [0.1, 0.15) is 29.9 Å². The number of pyridine rings is 1. The van der Waals surface area contributed by atoms with Gasteiger partial charge in [0.25, 0.3) is 0 Å². The van der Waals surface area contributed by atoms with Crippen LogP contribution in [0, 0.1) is 46.0 Å². The van der Waals surface area contributed by atoms with E-state index in [4.69, 9.17) is 14.7 Å². The SMILES string of the molecule is COC(=O)c1ccc2nc(Cc3cc(F)c(-c4cccc(OCc5ccc(C#N)cc5F)n4)cc3F)n(CC(C)C#N)c2c1. The Morgan fingerprint density at radius 3 is 2.48 bits per heavy atom. The third kappa shape index (κ3) is 6.22. The number of carbonyl (C=O) groups excluding carboxylic acids is 1. The van der Waals surface area contributed by atoms with Crippen LogP contribution in [0.1, 0.15) is 39.8 Å². The molecule has 0 N–H and O–H groups in total. The van der Waals surface area contributed by atoms with E-state index in [1.54, 1.807) is 35.8 Å². The van der Waals surface area contributed by atoms with E-state index in [1.807, 2.05) is 6.07 Å². The van der Waals surface area contributed by atoms with Crippen molar-refractivity contribution in [2.24, 2.45) is 5.92 Å². The van der Waals surface area contributed by atoms with Crippen molar-refractivity contribution in [1.82, 2.24) is 14.5 Å². The highest BCUT2D eigenvalue weighted by Crippen LogP contribution is 2.29. The normalized spacial score (nSPS) is 11.5. The summed E-state index contributed by atoms with van der Waals surface area (Å²) in [7, 11) is 1.27. The molecule has 0 spiro atoms. The first-order valence-electron chi connectivity index (χ1n) is 13.4. The average Bonchev–Trinajstić information content (AvgIpc) is 3.37. The predicted octanol–water partition coefficient (Wildman–Crippen LogP) is 6.50. The highest BCUT2D eigenvalue weighted by molar-refractivity contribution is 5.93. The fourth-order valence-corrected chi connectivity index (χ4v) is 4.69. The molecular weight excluding hydrogens is 571 g/mol. The number of nitrogens with zero attached hydrogens (tertiary/aromatic N) is 5. The second kappa shape index (κ2) is 12.7. The van der Waals surface area contributed by atoms with Crippen LogP contribution >= 0.6 is 0 Å². The van der Waals surface area contributed by atoms with Crippen LogP contribution in [0.4, 0.5) is 13.2 Å². The maximum atomic E-state index is 15.5. The molecule has 0 amide bonds. The molecule has 5 rings (SSSR count). The van der Waals surface area contributed by atoms with Crippen LogP contribution in [0.2, 0.25) is 0 Å². The smallest absolute Gasteiger partial charge is 0.337 e. The predicted molar refractivity (Wildman–Crippen MR) is 154 cm³/mol. The van der Waals surface area contributed by atoms with E-state index < -0.39 is 29.3 Å². The fourth-order valence-electron chi connectivity index (χ4n) is 4.69. The average molecular weight is 596 g/mol. The Morgan fingerprint density at radius 1 is 0.955 bits per heavy atom. The van der Waals surface area contributed by atoms with E-state index in [-0.39, 0.29) is 53.4 Å². The summed E-state index contributed by atoms with van der Waals surface area (Å²) >= 11 is 0. The van der Waals surface area contributed by atoms with Crippen LogP contribution in [0.25, 0.3) is 22.3 Å². The van der Waals surface area contributed by atoms with Gasteiger partial charge in [-0.05, 0) is 61.0 Å². The number of halogens is 3. The summed E-state index contributed by atoms with van der Waals surface area (Å²) in [6, 6.07) is 19.5. The summed E-state index contributed by atoms with van der Waals surface area (Å²) in [5.74, 6) is -2.54. The molecule has 8 nitrogen and oxygen atoms in total. The van der Waals surface area contributed by atoms with Crippen molar-refractivity contribution in [3.05, 3.63) is 112 Å². The first-order chi connectivity index (χ1) is 21.2. The molecule has 0 aliphatic carbocycles. The number of imidazole rings is 1. The van der Waals surface area contributed by atoms with Crippen LogP contribution in [0.15, 0.2) is 66.7 Å². The Labute approximate surface area is 250 Å². The number of hydrogen-bond donors (Lipinski definition) is 0. The molecule has 0 aliphatic heterocycles. The Morgan fingerprint density at radius 2 is 1.75 bits per heavy atom. The number of methoxy groups -OCH3 is 1. The lowest BCUT2D eigenvalue weighted by Crippen LogP contribution is -2.11. The lowest BCUT2D eigenvalue weighted by Gasteiger charge is -2.13. The molecule has 220 valence electrons. The number of carbonyl (C=O) groups is 1. The summed E-state index contributed by atoms with van der Waals surface area (Å²) < 4.78 is 57.2. The van der Waals surface area contributed by atoms with Crippen LogP contribution in [0.5, 0.6) is 5.88 Å². The fraction of sp³-hybridized carbons (Fsp3) is 0.182. The monoisotopic (exact) mass is 595 g/mol. The first-order valence-corrected chi connectivity index (χ1v) is 13.4. The maximum Gasteiger partial charge on any atom is 0.337 e. The van der Waals surface area contributed by atoms with Gasteiger partial charge >= 0.3 is 5.97 Å². The van der Waals surface area contributed by atoms with Crippen molar-refractivity contribution in [1.29, 1.82) is 10.5 Å². The largest absolute Gasteiger partial charge is 0.473 e. The van der Waals surface area contributed by atoms with Gasteiger partial charge in [-0.15, -0.1) is 0 Å². The molecule has 0 aliphatic rings. The van der Waals surface area contributed by atoms with Crippen molar-refractivity contribution >= 4 is 17.0 Å². The first kappa shape index (κ1) is 29.8. The number of esters is 1. The number of hydrogen-bond acceptors (Lipinski definition) is 7. The molecule has 2 aromatic heterocycles. The number of ether oxygens (including phenoxy) is 2. The summed E-state index contributed by atoms with van der Waals surface area (Å²) in [6.07, 6.45) is -0.0871. The zero-order valence-corrected chi connectivity index (χ0v) is 23.6. The number of aromatic nitrogens is 3. The lowest BCUT2D eigenvalue weighted by molar-refractivity contribution is 0.0601. The van der Waals surface area contributed by atoms with E-state index in [1.165, 1.54) is 31.4 Å². The quantitative estimate of drug-likeness (QED) is 0.179. The van der Waals surface area contributed by atoms with Crippen molar-refractivity contribution < 1.29 is 27.4 Å². The second-order valence-electron chi connectivity index (χ2n) is 10.0. The van der Waals surface area contributed by atoms with Crippen molar-refractivity contribution in [3.8, 4) is 29.3 Å². The molecule has 0 radical (unpaired) electrons. The van der Waals surface area contributed by atoms with Gasteiger partial charge in [0, 0.05) is 30.2 Å². The van der Waals surface area contributed by atoms with Crippen LogP contribution in [-0.4, -0.2) is 27.6 Å². The highest BCUT2D eigenvalue weighted by atomic mass is 19.1. The Bertz CT molecular complexity index is 1980. The van der Waals surface area contributed by atoms with Crippen molar-refractivity contribution in [2.75, 3.05) is 7.11 Å². The second-order valence-corrected chi connectivity index (χ2v) is 10.0. The minimum absolute atomic E-state index is 0.0318. The number of nitriles is 2. The minimum atomic E-state index is -0.731. The van der Waals surface area contributed by atoms with Crippen LogP contribution in [-0.2, 0) is 24.3 Å². The third-order valence-electron chi connectivity index (χ3n) is 6.97. The molecule has 0 saturated heterocycles. The summed E-state index contributed by atoms with van der Waals surface area (Å²) in [4.78, 5) is 20.9. The number of fused-ring (bicyclic) bond motifs is 1. The van der Waals surface area contributed by atoms with Gasteiger partial charge in [0.15, 0.2) is 0 Å². The Hall–Kier alpha value is -5.68. The molecular formula is C33H24F3N5O3. The molecule has 11 heteroatoms. The van der Waals surface area contributed by atoms with E-state index >= 15 is 8.78 Å². The number of benzene rings is 3. The summed E-state index contributed by atoms with van der Waals surface area (Å²) in [5.41, 5.74) is 1.79. The zero-order valence-electron chi connectivity index (χ0n) is 23.6. The molecule has 1 unspecified atom stereocenters. The molecule has 0 saturated carbocycles. The third-order valence-corrected chi connectivity index (χ3v) is 6.97. The number of rotatable bonds is 9. The minimum Gasteiger partial charge on any atom is -0.473 e. The zero-order chi connectivity index (χ0) is 31.4. The van der Waals surface area contributed by atoms with E-state index in [2.05, 4.69) is 16.0 Å². The van der Waals surface area contributed by atoms with Crippen molar-refractivity contribution in [2.45, 2.75) is 26.5 Å². The van der Waals surface area contributed by atoms with Gasteiger partial charge in [-0.25, -0.2) is 27.9 Å². The lowest BCUT2D eigenvalue weighted by atomic mass is 10.0. The molecule has 3 aromatic carbocycles. The van der Waals surface area contributed by atoms with Gasteiger partial charge in [-0.2, -0.15) is 10.5 Å². The van der Waals surface area contributed by atoms with Crippen LogP contribution < -0.4 is 4.74 Å². The molecule has 1 atom stereocenters. The topological polar surface area (TPSA) is 114 Å². The molecule has 44 heavy (non-hydrogen) atoms. The Kier molecular flexibility index (Phi) is 8.59. The molecule has 0 fully saturated rings. The van der Waals surface area contributed by atoms with Gasteiger partial charge in [-0.3, -0.25) is 0 Å². The van der Waals surface area contributed by atoms with E-state index in [0.717, 1.165) is 18.2 Å². The molecule has 2 heterocycles. The van der Waals surface area contributed by atoms with E-state index in [9.17, 15) is 14.4 Å². The molecule has 5 aromatic rings. The summed E-state index contributed by atoms with van der Waals surface area (Å²) in [5, 5.41) is 18.3. The Balaban J connectivity index is 1.42. The van der Waals surface area contributed by atoms with E-state index in [0.29, 0.717) is 22.4 Å². The van der Waals surface area contributed by atoms with Crippen LogP contribution in [0.3, 0.4) is 0 Å². The van der Waals surface area contributed by atoms with Gasteiger partial charge in [0.2, 0.25) is 5.88 Å². The van der Waals surface area contributed by atoms with Gasteiger partial charge in [-0.1, -0.05) is 12.1 Å². The highest BCUT2D eigenvalue weighted by Gasteiger charge is 2.20. The molecule has 0 bridgehead atoms. The maximum absolute atomic E-state index is 15.5. The van der Waals surface area contributed by atoms with Gasteiger partial charge in [0.05, 0.1) is 53.0 Å². The summed E-state index contributed by atoms with van der Waals surface area (Å²) in [6.45, 7) is 1.76. The van der Waals surface area contributed by atoms with Crippen molar-refractivity contribution in [3.63, 3.8) is 0 Å².